The van der Waals surface area contributed by atoms with E-state index in [0.717, 1.165) is 10.5 Å². The second kappa shape index (κ2) is 9.38. The Kier molecular flexibility index (Phi) is 6.87. The Morgan fingerprint density at radius 2 is 1.77 bits per heavy atom. The van der Waals surface area contributed by atoms with Crippen LogP contribution in [0.5, 0.6) is 5.75 Å². The molecule has 2 aromatic rings. The van der Waals surface area contributed by atoms with Crippen LogP contribution in [0.25, 0.3) is 0 Å². The zero-order chi connectivity index (χ0) is 21.7. The van der Waals surface area contributed by atoms with Gasteiger partial charge in [-0.15, -0.1) is 0 Å². The summed E-state index contributed by atoms with van der Waals surface area (Å²) in [5.41, 5.74) is 2.01. The number of carbonyl (C=O) groups excluding carboxylic acids is 2. The lowest BCUT2D eigenvalue weighted by molar-refractivity contribution is -0.185. The third-order valence-electron chi connectivity index (χ3n) is 4.79. The van der Waals surface area contributed by atoms with Crippen molar-refractivity contribution in [3.8, 4) is 5.75 Å². The summed E-state index contributed by atoms with van der Waals surface area (Å²) in [5, 5.41) is 3.07. The summed E-state index contributed by atoms with van der Waals surface area (Å²) in [6, 6.07) is 12.1. The van der Waals surface area contributed by atoms with Crippen molar-refractivity contribution in [3.05, 3.63) is 64.2 Å². The molecule has 2 aromatic carbocycles. The van der Waals surface area contributed by atoms with Gasteiger partial charge in [-0.1, -0.05) is 35.9 Å². The van der Waals surface area contributed by atoms with E-state index in [2.05, 4.69) is 5.32 Å². The highest BCUT2D eigenvalue weighted by Crippen LogP contribution is 2.34. The zero-order valence-corrected chi connectivity index (χ0v) is 16.7. The van der Waals surface area contributed by atoms with Crippen molar-refractivity contribution >= 4 is 23.4 Å². The fourth-order valence-corrected chi connectivity index (χ4v) is 3.54. The summed E-state index contributed by atoms with van der Waals surface area (Å²) in [6.07, 6.45) is -4.43. The van der Waals surface area contributed by atoms with Gasteiger partial charge in [0.25, 0.3) is 5.91 Å². The van der Waals surface area contributed by atoms with Crippen molar-refractivity contribution in [2.24, 2.45) is 0 Å². The number of fused-ring (bicyclic) bond motifs is 1. The van der Waals surface area contributed by atoms with Gasteiger partial charge in [0.05, 0.1) is 11.6 Å². The molecule has 0 aliphatic carbocycles. The number of hydrogen-bond donors (Lipinski definition) is 1. The molecule has 0 atom stereocenters. The molecule has 160 valence electrons. The molecular formula is C21H20ClF3N2O3. The first-order valence-electron chi connectivity index (χ1n) is 9.40. The van der Waals surface area contributed by atoms with Crippen molar-refractivity contribution in [3.63, 3.8) is 0 Å². The molecule has 9 heteroatoms. The largest absolute Gasteiger partial charge is 0.490 e. The number of ether oxygens (including phenoxy) is 1. The first-order chi connectivity index (χ1) is 14.3. The maximum Gasteiger partial charge on any atom is 0.471 e. The van der Waals surface area contributed by atoms with E-state index < -0.39 is 12.1 Å². The molecule has 5 nitrogen and oxygen atoms in total. The number of nitrogens with one attached hydrogen (secondary N) is 1. The molecular weight excluding hydrogens is 421 g/mol. The van der Waals surface area contributed by atoms with Gasteiger partial charge in [-0.2, -0.15) is 13.2 Å². The van der Waals surface area contributed by atoms with Gasteiger partial charge in [0.1, 0.15) is 12.4 Å². The highest BCUT2D eigenvalue weighted by molar-refractivity contribution is 6.32. The predicted molar refractivity (Wildman–Crippen MR) is 106 cm³/mol. The van der Waals surface area contributed by atoms with Gasteiger partial charge in [0.15, 0.2) is 0 Å². The molecule has 0 spiro atoms. The smallest absolute Gasteiger partial charge is 0.471 e. The molecule has 30 heavy (non-hydrogen) atoms. The van der Waals surface area contributed by atoms with Crippen LogP contribution >= 0.6 is 11.6 Å². The summed E-state index contributed by atoms with van der Waals surface area (Å²) in [5.74, 6) is -1.70. The molecule has 0 fully saturated rings. The van der Waals surface area contributed by atoms with E-state index in [4.69, 9.17) is 16.3 Å². The second-order valence-corrected chi connectivity index (χ2v) is 7.18. The SMILES string of the molecule is O=C(NCCOc1c(Cl)ccc2c1CCN(C(=O)C(F)(F)F)CC2)c1ccccc1. The first-order valence-corrected chi connectivity index (χ1v) is 9.77. The molecule has 2 amide bonds. The van der Waals surface area contributed by atoms with Crippen molar-refractivity contribution in [1.29, 1.82) is 0 Å². The van der Waals surface area contributed by atoms with Gasteiger partial charge >= 0.3 is 12.1 Å². The van der Waals surface area contributed by atoms with Crippen LogP contribution in [0.15, 0.2) is 42.5 Å². The molecule has 1 heterocycles. The van der Waals surface area contributed by atoms with E-state index in [1.165, 1.54) is 0 Å². The Labute approximate surface area is 176 Å². The zero-order valence-electron chi connectivity index (χ0n) is 16.0. The van der Waals surface area contributed by atoms with Crippen molar-refractivity contribution in [2.45, 2.75) is 19.0 Å². The van der Waals surface area contributed by atoms with Crippen LogP contribution in [-0.2, 0) is 17.6 Å². The van der Waals surface area contributed by atoms with E-state index in [9.17, 15) is 22.8 Å². The molecule has 0 bridgehead atoms. The molecule has 1 aliphatic heterocycles. The maximum absolute atomic E-state index is 12.8. The van der Waals surface area contributed by atoms with E-state index in [-0.39, 0.29) is 45.0 Å². The van der Waals surface area contributed by atoms with Crippen molar-refractivity contribution < 1.29 is 27.5 Å². The fourth-order valence-electron chi connectivity index (χ4n) is 3.31. The van der Waals surface area contributed by atoms with Gasteiger partial charge < -0.3 is 15.0 Å². The number of halogens is 4. The summed E-state index contributed by atoms with van der Waals surface area (Å²) < 4.78 is 44.0. The van der Waals surface area contributed by atoms with E-state index >= 15 is 0 Å². The highest BCUT2D eigenvalue weighted by Gasteiger charge is 2.42. The van der Waals surface area contributed by atoms with E-state index in [0.29, 0.717) is 21.9 Å². The predicted octanol–water partition coefficient (Wildman–Crippen LogP) is 3.64. The topological polar surface area (TPSA) is 58.6 Å². The van der Waals surface area contributed by atoms with Crippen LogP contribution in [0.3, 0.4) is 0 Å². The Morgan fingerprint density at radius 3 is 2.47 bits per heavy atom. The Morgan fingerprint density at radius 1 is 1.07 bits per heavy atom. The summed E-state index contributed by atoms with van der Waals surface area (Å²) >= 11 is 6.25. The minimum absolute atomic E-state index is 0.0282. The number of amides is 2. The molecule has 1 N–H and O–H groups in total. The van der Waals surface area contributed by atoms with Crippen molar-refractivity contribution in [1.82, 2.24) is 10.2 Å². The van der Waals surface area contributed by atoms with E-state index in [1.807, 2.05) is 6.07 Å². The molecule has 1 aliphatic rings. The van der Waals surface area contributed by atoms with Gasteiger partial charge in [0.2, 0.25) is 0 Å². The summed E-state index contributed by atoms with van der Waals surface area (Å²) in [6.45, 7) is 0.263. The number of hydrogen-bond acceptors (Lipinski definition) is 3. The van der Waals surface area contributed by atoms with Crippen LogP contribution < -0.4 is 10.1 Å². The van der Waals surface area contributed by atoms with Crippen LogP contribution in [0, 0.1) is 0 Å². The van der Waals surface area contributed by atoms with Gasteiger partial charge in [-0.3, -0.25) is 9.59 Å². The highest BCUT2D eigenvalue weighted by atomic mass is 35.5. The molecule has 0 saturated heterocycles. The second-order valence-electron chi connectivity index (χ2n) is 6.77. The molecule has 3 rings (SSSR count). The average molecular weight is 441 g/mol. The summed E-state index contributed by atoms with van der Waals surface area (Å²) in [7, 11) is 0. The third-order valence-corrected chi connectivity index (χ3v) is 5.09. The standard InChI is InChI=1S/C21H20ClF3N2O3/c22-17-7-6-14-8-11-27(20(29)21(23,24)25)12-9-16(14)18(17)30-13-10-26-19(28)15-4-2-1-3-5-15/h1-7H,8-13H2,(H,26,28). The fraction of sp³-hybridized carbons (Fsp3) is 0.333. The lowest BCUT2D eigenvalue weighted by Gasteiger charge is -2.21. The van der Waals surface area contributed by atoms with Crippen LogP contribution in [0.4, 0.5) is 13.2 Å². The number of benzene rings is 2. The van der Waals surface area contributed by atoms with Crippen LogP contribution in [0.1, 0.15) is 21.5 Å². The number of rotatable bonds is 5. The van der Waals surface area contributed by atoms with Crippen molar-refractivity contribution in [2.75, 3.05) is 26.2 Å². The lowest BCUT2D eigenvalue weighted by Crippen LogP contribution is -2.42. The van der Waals surface area contributed by atoms with Gasteiger partial charge in [-0.25, -0.2) is 0 Å². The first kappa shape index (κ1) is 22.0. The van der Waals surface area contributed by atoms with Crippen LogP contribution in [0.2, 0.25) is 5.02 Å². The molecule has 0 unspecified atom stereocenters. The Balaban J connectivity index is 1.62. The van der Waals surface area contributed by atoms with Gasteiger partial charge in [0, 0.05) is 24.2 Å². The number of carbonyl (C=O) groups is 2. The molecule has 0 radical (unpaired) electrons. The third kappa shape index (κ3) is 5.24. The molecule has 0 saturated carbocycles. The van der Waals surface area contributed by atoms with Crippen LogP contribution in [-0.4, -0.2) is 49.1 Å². The van der Waals surface area contributed by atoms with Gasteiger partial charge in [-0.05, 0) is 36.6 Å². The number of alkyl halides is 3. The van der Waals surface area contributed by atoms with E-state index in [1.54, 1.807) is 36.4 Å². The Bertz CT molecular complexity index is 920. The quantitative estimate of drug-likeness (QED) is 0.722. The summed E-state index contributed by atoms with van der Waals surface area (Å²) in [4.78, 5) is 24.4. The minimum Gasteiger partial charge on any atom is -0.490 e. The molecule has 0 aromatic heterocycles. The number of nitrogens with zero attached hydrogens (tertiary/aromatic N) is 1. The lowest BCUT2D eigenvalue weighted by atomic mass is 10.0. The maximum atomic E-state index is 12.8. The monoisotopic (exact) mass is 440 g/mol. The average Bonchev–Trinajstić information content (AvgIpc) is 2.94. The Hall–Kier alpha value is -2.74. The normalized spacial score (nSPS) is 13.9. The minimum atomic E-state index is -4.90.